The molecule has 1 rings (SSSR count). The summed E-state index contributed by atoms with van der Waals surface area (Å²) in [7, 11) is -2.39. The Balaban J connectivity index is 2.32. The molecule has 1 fully saturated rings. The van der Waals surface area contributed by atoms with Gasteiger partial charge in [0.1, 0.15) is 0 Å². The van der Waals surface area contributed by atoms with Gasteiger partial charge in [-0.25, -0.2) is 13.1 Å². The molecule has 1 aliphatic rings. The molecule has 0 bridgehead atoms. The number of nitrogens with one attached hydrogen (secondary N) is 2. The van der Waals surface area contributed by atoms with Crippen LogP contribution < -0.4 is 10.0 Å². The number of carbonyl (C=O) groups is 1. The van der Waals surface area contributed by atoms with E-state index < -0.39 is 21.7 Å². The quantitative estimate of drug-likeness (QED) is 0.625. The number of hydrogen-bond acceptors (Lipinski definition) is 5. The molecule has 0 aromatic heterocycles. The molecule has 0 aromatic carbocycles. The number of esters is 1. The normalized spacial score (nSPS) is 21.7. The van der Waals surface area contributed by atoms with Gasteiger partial charge < -0.3 is 10.1 Å². The molecular formula is C9H18N2O4S. The van der Waals surface area contributed by atoms with E-state index in [0.29, 0.717) is 6.54 Å². The number of rotatable bonds is 5. The van der Waals surface area contributed by atoms with Gasteiger partial charge in [-0.15, -0.1) is 0 Å². The van der Waals surface area contributed by atoms with Crippen LogP contribution in [0.1, 0.15) is 19.3 Å². The van der Waals surface area contributed by atoms with Gasteiger partial charge in [-0.1, -0.05) is 6.42 Å². The second kappa shape index (κ2) is 6.17. The van der Waals surface area contributed by atoms with Gasteiger partial charge in [-0.3, -0.25) is 4.79 Å². The van der Waals surface area contributed by atoms with Crippen molar-refractivity contribution in [3.05, 3.63) is 0 Å². The van der Waals surface area contributed by atoms with Crippen molar-refractivity contribution in [3.8, 4) is 0 Å². The highest BCUT2D eigenvalue weighted by Crippen LogP contribution is 2.06. The third-order valence-electron chi connectivity index (χ3n) is 2.50. The van der Waals surface area contributed by atoms with E-state index in [9.17, 15) is 13.2 Å². The van der Waals surface area contributed by atoms with Crippen molar-refractivity contribution in [2.45, 2.75) is 25.3 Å². The first-order valence-corrected chi connectivity index (χ1v) is 6.96. The minimum absolute atomic E-state index is 0.168. The SMILES string of the molecule is COC(=O)CS(=O)(=O)NCC1CCCCN1. The summed E-state index contributed by atoms with van der Waals surface area (Å²) < 4.78 is 29.5. The van der Waals surface area contributed by atoms with Gasteiger partial charge in [0.15, 0.2) is 5.75 Å². The highest BCUT2D eigenvalue weighted by atomic mass is 32.2. The summed E-state index contributed by atoms with van der Waals surface area (Å²) in [5.74, 6) is -1.36. The van der Waals surface area contributed by atoms with Crippen LogP contribution in [-0.2, 0) is 19.6 Å². The molecule has 0 radical (unpaired) electrons. The number of hydrogen-bond donors (Lipinski definition) is 2. The predicted octanol–water partition coefficient (Wildman–Crippen LogP) is -0.779. The zero-order valence-corrected chi connectivity index (χ0v) is 10.2. The van der Waals surface area contributed by atoms with Crippen LogP contribution in [-0.4, -0.2) is 46.4 Å². The predicted molar refractivity (Wildman–Crippen MR) is 59.4 cm³/mol. The van der Waals surface area contributed by atoms with Crippen LogP contribution in [0.4, 0.5) is 0 Å². The third-order valence-corrected chi connectivity index (χ3v) is 3.72. The maximum atomic E-state index is 11.4. The lowest BCUT2D eigenvalue weighted by Crippen LogP contribution is -2.44. The molecule has 1 saturated heterocycles. The van der Waals surface area contributed by atoms with Crippen molar-refractivity contribution < 1.29 is 17.9 Å². The van der Waals surface area contributed by atoms with Crippen LogP contribution in [0.2, 0.25) is 0 Å². The standard InChI is InChI=1S/C9H18N2O4S/c1-15-9(12)7-16(13,14)11-6-8-4-2-3-5-10-8/h8,10-11H,2-7H2,1H3. The van der Waals surface area contributed by atoms with E-state index in [4.69, 9.17) is 0 Å². The lowest BCUT2D eigenvalue weighted by molar-refractivity contribution is -0.137. The van der Waals surface area contributed by atoms with Gasteiger partial charge >= 0.3 is 5.97 Å². The molecule has 6 nitrogen and oxygen atoms in total. The zero-order chi connectivity index (χ0) is 12.0. The maximum Gasteiger partial charge on any atom is 0.322 e. The van der Waals surface area contributed by atoms with Crippen molar-refractivity contribution in [2.24, 2.45) is 0 Å². The van der Waals surface area contributed by atoms with Crippen molar-refractivity contribution >= 4 is 16.0 Å². The van der Waals surface area contributed by atoms with Gasteiger partial charge in [-0.05, 0) is 19.4 Å². The summed E-state index contributed by atoms with van der Waals surface area (Å²) >= 11 is 0. The molecule has 1 unspecified atom stereocenters. The molecule has 0 aromatic rings. The molecule has 94 valence electrons. The lowest BCUT2D eigenvalue weighted by atomic mass is 10.1. The zero-order valence-electron chi connectivity index (χ0n) is 9.36. The fraction of sp³-hybridized carbons (Fsp3) is 0.889. The summed E-state index contributed by atoms with van der Waals surface area (Å²) in [4.78, 5) is 10.8. The summed E-state index contributed by atoms with van der Waals surface area (Å²) in [5.41, 5.74) is 0. The molecule has 0 spiro atoms. The maximum absolute atomic E-state index is 11.4. The largest absolute Gasteiger partial charge is 0.468 e. The van der Waals surface area contributed by atoms with Crippen molar-refractivity contribution in [1.29, 1.82) is 0 Å². The summed E-state index contributed by atoms with van der Waals surface area (Å²) in [6.07, 6.45) is 3.20. The average Bonchev–Trinajstić information content (AvgIpc) is 2.27. The number of methoxy groups -OCH3 is 1. The first-order valence-electron chi connectivity index (χ1n) is 5.31. The summed E-state index contributed by atoms with van der Waals surface area (Å²) in [6, 6.07) is 0.168. The monoisotopic (exact) mass is 250 g/mol. The van der Waals surface area contributed by atoms with E-state index in [1.807, 2.05) is 0 Å². The Hall–Kier alpha value is -0.660. The minimum atomic E-state index is -3.56. The fourth-order valence-corrected chi connectivity index (χ4v) is 2.58. The van der Waals surface area contributed by atoms with Crippen molar-refractivity contribution in [1.82, 2.24) is 10.0 Å². The van der Waals surface area contributed by atoms with Crippen molar-refractivity contribution in [3.63, 3.8) is 0 Å². The molecule has 1 heterocycles. The first-order chi connectivity index (χ1) is 7.53. The van der Waals surface area contributed by atoms with Gasteiger partial charge in [0.2, 0.25) is 10.0 Å². The minimum Gasteiger partial charge on any atom is -0.468 e. The number of ether oxygens (including phenoxy) is 1. The molecular weight excluding hydrogens is 232 g/mol. The van der Waals surface area contributed by atoms with E-state index in [-0.39, 0.29) is 6.04 Å². The van der Waals surface area contributed by atoms with Gasteiger partial charge in [0.05, 0.1) is 7.11 Å². The van der Waals surface area contributed by atoms with E-state index >= 15 is 0 Å². The molecule has 1 aliphatic heterocycles. The van der Waals surface area contributed by atoms with E-state index in [1.54, 1.807) is 0 Å². The fourth-order valence-electron chi connectivity index (χ4n) is 1.59. The molecule has 0 amide bonds. The second-order valence-electron chi connectivity index (χ2n) is 3.83. The second-order valence-corrected chi connectivity index (χ2v) is 5.64. The van der Waals surface area contributed by atoms with E-state index in [1.165, 1.54) is 7.11 Å². The molecule has 1 atom stereocenters. The van der Waals surface area contributed by atoms with Gasteiger partial charge in [0.25, 0.3) is 0 Å². The third kappa shape index (κ3) is 4.91. The van der Waals surface area contributed by atoms with Crippen LogP contribution in [0.3, 0.4) is 0 Å². The smallest absolute Gasteiger partial charge is 0.322 e. The molecule has 0 aliphatic carbocycles. The van der Waals surface area contributed by atoms with E-state index in [2.05, 4.69) is 14.8 Å². The lowest BCUT2D eigenvalue weighted by Gasteiger charge is -2.23. The molecule has 2 N–H and O–H groups in total. The van der Waals surface area contributed by atoms with Crippen LogP contribution in [0.25, 0.3) is 0 Å². The first kappa shape index (κ1) is 13.4. The molecule has 7 heteroatoms. The number of carbonyl (C=O) groups excluding carboxylic acids is 1. The Kier molecular flexibility index (Phi) is 5.17. The number of piperidine rings is 1. The van der Waals surface area contributed by atoms with E-state index in [0.717, 1.165) is 25.8 Å². The summed E-state index contributed by atoms with van der Waals surface area (Å²) in [5, 5.41) is 3.22. The molecule has 16 heavy (non-hydrogen) atoms. The Bertz CT molecular complexity index is 322. The van der Waals surface area contributed by atoms with Gasteiger partial charge in [0, 0.05) is 12.6 Å². The average molecular weight is 250 g/mol. The van der Waals surface area contributed by atoms with Crippen LogP contribution in [0.5, 0.6) is 0 Å². The van der Waals surface area contributed by atoms with Crippen molar-refractivity contribution in [2.75, 3.05) is 26.0 Å². The highest BCUT2D eigenvalue weighted by Gasteiger charge is 2.19. The van der Waals surface area contributed by atoms with Gasteiger partial charge in [-0.2, -0.15) is 0 Å². The Morgan fingerprint density at radius 3 is 2.81 bits per heavy atom. The highest BCUT2D eigenvalue weighted by molar-refractivity contribution is 7.90. The number of sulfonamides is 1. The van der Waals surface area contributed by atoms with Crippen LogP contribution in [0, 0.1) is 0 Å². The Morgan fingerprint density at radius 1 is 1.50 bits per heavy atom. The Morgan fingerprint density at radius 2 is 2.25 bits per heavy atom. The Labute approximate surface area is 95.8 Å². The molecule has 0 saturated carbocycles. The van der Waals surface area contributed by atoms with Crippen LogP contribution >= 0.6 is 0 Å². The van der Waals surface area contributed by atoms with Crippen LogP contribution in [0.15, 0.2) is 0 Å². The summed E-state index contributed by atoms with van der Waals surface area (Å²) in [6.45, 7) is 1.25. The topological polar surface area (TPSA) is 84.5 Å².